The van der Waals surface area contributed by atoms with E-state index in [4.69, 9.17) is 16.9 Å². The standard InChI is InChI=1S/C13H13ClN2O5S2/c1-8-6-16-7-10(8)13(23(19,20)21)22(17,18)12-3-2-9(5-15)4-11(12)14/h2-4,10,13,16H,1,6-7H2,(H,19,20,21)/t10?,13-/m0/s1. The lowest BCUT2D eigenvalue weighted by atomic mass is 10.1. The third-order valence-corrected chi connectivity index (χ3v) is 8.28. The monoisotopic (exact) mass is 376 g/mol. The van der Waals surface area contributed by atoms with Crippen molar-refractivity contribution in [1.82, 2.24) is 5.32 Å². The molecule has 1 aromatic rings. The summed E-state index contributed by atoms with van der Waals surface area (Å²) >= 11 is 5.89. The van der Waals surface area contributed by atoms with Gasteiger partial charge in [-0.1, -0.05) is 23.8 Å². The average molecular weight is 377 g/mol. The third kappa shape index (κ3) is 3.41. The van der Waals surface area contributed by atoms with Crippen LogP contribution in [-0.4, -0.2) is 39.1 Å². The number of rotatable bonds is 4. The Morgan fingerprint density at radius 1 is 1.39 bits per heavy atom. The van der Waals surface area contributed by atoms with Crippen molar-refractivity contribution in [2.75, 3.05) is 13.1 Å². The van der Waals surface area contributed by atoms with E-state index in [2.05, 4.69) is 11.9 Å². The second-order valence-corrected chi connectivity index (χ2v) is 9.36. The van der Waals surface area contributed by atoms with Crippen LogP contribution < -0.4 is 5.32 Å². The summed E-state index contributed by atoms with van der Waals surface area (Å²) in [5, 5.41) is 11.3. The summed E-state index contributed by atoms with van der Waals surface area (Å²) in [6.45, 7) is 3.96. The molecular weight excluding hydrogens is 364 g/mol. The predicted octanol–water partition coefficient (Wildman–Crippen LogP) is 0.975. The molecule has 1 saturated heterocycles. The van der Waals surface area contributed by atoms with Gasteiger partial charge in [0.1, 0.15) is 0 Å². The van der Waals surface area contributed by atoms with Gasteiger partial charge in [0.15, 0.2) is 14.4 Å². The van der Waals surface area contributed by atoms with E-state index in [0.29, 0.717) is 5.57 Å². The number of hydrogen-bond acceptors (Lipinski definition) is 6. The molecule has 1 fully saturated rings. The third-order valence-electron chi connectivity index (χ3n) is 3.54. The quantitative estimate of drug-likeness (QED) is 0.592. The number of nitriles is 1. The Balaban J connectivity index is 2.63. The van der Waals surface area contributed by atoms with Gasteiger partial charge in [-0.05, 0) is 18.2 Å². The van der Waals surface area contributed by atoms with Crippen molar-refractivity contribution in [3.05, 3.63) is 40.9 Å². The zero-order chi connectivity index (χ0) is 17.4. The van der Waals surface area contributed by atoms with Crippen molar-refractivity contribution in [2.24, 2.45) is 5.92 Å². The van der Waals surface area contributed by atoms with Crippen LogP contribution in [0.5, 0.6) is 0 Å². The van der Waals surface area contributed by atoms with Crippen molar-refractivity contribution in [1.29, 1.82) is 5.26 Å². The van der Waals surface area contributed by atoms with Crippen LogP contribution in [-0.2, 0) is 20.0 Å². The van der Waals surface area contributed by atoms with Gasteiger partial charge < -0.3 is 5.32 Å². The van der Waals surface area contributed by atoms with Crippen LogP contribution >= 0.6 is 11.6 Å². The van der Waals surface area contributed by atoms with Crippen molar-refractivity contribution in [3.63, 3.8) is 0 Å². The molecule has 7 nitrogen and oxygen atoms in total. The Bertz CT molecular complexity index is 903. The molecule has 2 rings (SSSR count). The van der Waals surface area contributed by atoms with Crippen LogP contribution in [0.25, 0.3) is 0 Å². The van der Waals surface area contributed by atoms with E-state index >= 15 is 0 Å². The van der Waals surface area contributed by atoms with Gasteiger partial charge in [0.2, 0.25) is 0 Å². The molecule has 0 radical (unpaired) electrons. The highest BCUT2D eigenvalue weighted by molar-refractivity contribution is 8.06. The SMILES string of the molecule is C=C1CNCC1[C@H](S(=O)(=O)O)S(=O)(=O)c1ccc(C#N)cc1Cl. The maximum atomic E-state index is 12.8. The van der Waals surface area contributed by atoms with E-state index < -0.39 is 35.4 Å². The minimum absolute atomic E-state index is 0.0520. The number of nitrogens with one attached hydrogen (secondary N) is 1. The van der Waals surface area contributed by atoms with Crippen LogP contribution in [0.4, 0.5) is 0 Å². The molecule has 1 aliphatic rings. The summed E-state index contributed by atoms with van der Waals surface area (Å²) in [4.78, 5) is -0.458. The number of halogens is 1. The minimum Gasteiger partial charge on any atom is -0.312 e. The maximum absolute atomic E-state index is 12.8. The number of benzene rings is 1. The summed E-state index contributed by atoms with van der Waals surface area (Å²) in [5.74, 6) is -0.998. The van der Waals surface area contributed by atoms with Crippen LogP contribution in [0, 0.1) is 17.2 Å². The van der Waals surface area contributed by atoms with Crippen molar-refractivity contribution in [3.8, 4) is 6.07 Å². The first-order valence-electron chi connectivity index (χ1n) is 6.37. The first-order chi connectivity index (χ1) is 10.6. The van der Waals surface area contributed by atoms with E-state index in [1.165, 1.54) is 6.07 Å². The molecule has 10 heteroatoms. The molecule has 0 amide bonds. The largest absolute Gasteiger partial charge is 0.312 e. The lowest BCUT2D eigenvalue weighted by molar-refractivity contribution is 0.463. The van der Waals surface area contributed by atoms with Crippen LogP contribution in [0.3, 0.4) is 0 Å². The molecule has 0 spiro atoms. The summed E-state index contributed by atoms with van der Waals surface area (Å²) < 4.78 is 56.3. The normalized spacial score (nSPS) is 20.2. The fraction of sp³-hybridized carbons (Fsp3) is 0.308. The zero-order valence-electron chi connectivity index (χ0n) is 11.7. The first-order valence-corrected chi connectivity index (χ1v) is 9.80. The van der Waals surface area contributed by atoms with Gasteiger partial charge in [-0.25, -0.2) is 8.42 Å². The summed E-state index contributed by atoms with van der Waals surface area (Å²) in [6.07, 6.45) is 0. The molecule has 0 aliphatic carbocycles. The molecular formula is C13H13ClN2O5S2. The average Bonchev–Trinajstić information content (AvgIpc) is 2.82. The zero-order valence-corrected chi connectivity index (χ0v) is 14.1. The Labute approximate surface area is 139 Å². The molecule has 2 atom stereocenters. The molecule has 1 aromatic carbocycles. The lowest BCUT2D eigenvalue weighted by Gasteiger charge is -2.21. The molecule has 0 bridgehead atoms. The van der Waals surface area contributed by atoms with Crippen molar-refractivity contribution in [2.45, 2.75) is 9.48 Å². The van der Waals surface area contributed by atoms with Gasteiger partial charge in [-0.2, -0.15) is 13.7 Å². The number of sulfone groups is 1. The van der Waals surface area contributed by atoms with Crippen molar-refractivity contribution >= 4 is 31.6 Å². The first kappa shape index (κ1) is 17.9. The highest BCUT2D eigenvalue weighted by atomic mass is 35.5. The molecule has 124 valence electrons. The Hall–Kier alpha value is -1.44. The number of nitrogens with zero attached hydrogens (tertiary/aromatic N) is 1. The van der Waals surface area contributed by atoms with Crippen molar-refractivity contribution < 1.29 is 21.4 Å². The smallest absolute Gasteiger partial charge is 0.283 e. The van der Waals surface area contributed by atoms with E-state index in [9.17, 15) is 21.4 Å². The fourth-order valence-corrected chi connectivity index (χ4v) is 6.82. The fourth-order valence-electron chi connectivity index (χ4n) is 2.46. The molecule has 0 aromatic heterocycles. The van der Waals surface area contributed by atoms with Gasteiger partial charge in [-0.3, -0.25) is 4.55 Å². The molecule has 0 saturated carbocycles. The van der Waals surface area contributed by atoms with Crippen LogP contribution in [0.1, 0.15) is 5.56 Å². The van der Waals surface area contributed by atoms with Crippen LogP contribution in [0.2, 0.25) is 5.02 Å². The van der Waals surface area contributed by atoms with Gasteiger partial charge >= 0.3 is 0 Å². The second kappa shape index (κ2) is 6.22. The summed E-state index contributed by atoms with van der Waals surface area (Å²) in [7, 11) is -9.44. The van der Waals surface area contributed by atoms with Gasteiger partial charge in [-0.15, -0.1) is 0 Å². The number of hydrogen-bond donors (Lipinski definition) is 2. The predicted molar refractivity (Wildman–Crippen MR) is 84.2 cm³/mol. The van der Waals surface area contributed by atoms with Crippen LogP contribution in [0.15, 0.2) is 35.2 Å². The van der Waals surface area contributed by atoms with E-state index in [-0.39, 0.29) is 23.7 Å². The maximum Gasteiger partial charge on any atom is 0.283 e. The second-order valence-electron chi connectivity index (χ2n) is 5.08. The van der Waals surface area contributed by atoms with Gasteiger partial charge in [0.25, 0.3) is 10.1 Å². The minimum atomic E-state index is -4.93. The summed E-state index contributed by atoms with van der Waals surface area (Å²) in [5.41, 5.74) is 0.491. The molecule has 23 heavy (non-hydrogen) atoms. The van der Waals surface area contributed by atoms with E-state index in [0.717, 1.165) is 12.1 Å². The van der Waals surface area contributed by atoms with Gasteiger partial charge in [0, 0.05) is 19.0 Å². The molecule has 1 aliphatic heterocycles. The van der Waals surface area contributed by atoms with E-state index in [1.54, 1.807) is 6.07 Å². The topological polar surface area (TPSA) is 124 Å². The Morgan fingerprint density at radius 3 is 2.48 bits per heavy atom. The lowest BCUT2D eigenvalue weighted by Crippen LogP contribution is -2.39. The van der Waals surface area contributed by atoms with E-state index in [1.807, 2.05) is 0 Å². The Kier molecular flexibility index (Phi) is 4.84. The Morgan fingerprint density at radius 2 is 2.04 bits per heavy atom. The molecule has 2 N–H and O–H groups in total. The molecule has 1 unspecified atom stereocenters. The van der Waals surface area contributed by atoms with Gasteiger partial charge in [0.05, 0.1) is 21.6 Å². The highest BCUT2D eigenvalue weighted by Gasteiger charge is 2.47. The summed E-state index contributed by atoms with van der Waals surface area (Å²) in [6, 6.07) is 5.18. The molecule has 1 heterocycles. The highest BCUT2D eigenvalue weighted by Crippen LogP contribution is 2.34.